The molecular weight excluding hydrogens is 414 g/mol. The number of rotatable bonds is 10. The summed E-state index contributed by atoms with van der Waals surface area (Å²) in [7, 11) is 0. The molecule has 0 aliphatic carbocycles. The highest BCUT2D eigenvalue weighted by atomic mass is 32.2. The molecule has 0 atom stereocenters. The van der Waals surface area contributed by atoms with Crippen molar-refractivity contribution in [1.82, 2.24) is 9.55 Å². The van der Waals surface area contributed by atoms with Crippen molar-refractivity contribution in [3.8, 4) is 0 Å². The first-order valence-electron chi connectivity index (χ1n) is 9.79. The number of anilines is 2. The van der Waals surface area contributed by atoms with Crippen molar-refractivity contribution in [2.24, 2.45) is 0 Å². The van der Waals surface area contributed by atoms with Crippen LogP contribution < -0.4 is 21.9 Å². The lowest BCUT2D eigenvalue weighted by atomic mass is 10.1. The van der Waals surface area contributed by atoms with E-state index in [4.69, 9.17) is 5.73 Å². The summed E-state index contributed by atoms with van der Waals surface area (Å²) in [6, 6.07) is 5.72. The van der Waals surface area contributed by atoms with Gasteiger partial charge in [-0.3, -0.25) is 19.1 Å². The van der Waals surface area contributed by atoms with E-state index < -0.39 is 22.9 Å². The molecule has 164 valence electrons. The molecule has 0 saturated heterocycles. The highest BCUT2D eigenvalue weighted by Crippen LogP contribution is 2.26. The van der Waals surface area contributed by atoms with E-state index in [1.54, 1.807) is 0 Å². The van der Waals surface area contributed by atoms with Gasteiger partial charge in [-0.25, -0.2) is 4.79 Å². The molecule has 1 aromatic heterocycles. The van der Waals surface area contributed by atoms with Gasteiger partial charge < -0.3 is 10.6 Å². The van der Waals surface area contributed by atoms with Gasteiger partial charge in [0.05, 0.1) is 0 Å². The van der Waals surface area contributed by atoms with Crippen molar-refractivity contribution >= 4 is 29.2 Å². The summed E-state index contributed by atoms with van der Waals surface area (Å²) in [6.07, 6.45) is 2.88. The van der Waals surface area contributed by atoms with Crippen LogP contribution in [0, 0.1) is 0 Å². The predicted octanol–water partition coefficient (Wildman–Crippen LogP) is 3.68. The number of nitrogens with zero attached hydrogens (tertiary/aromatic N) is 2. The molecule has 7 nitrogen and oxygen atoms in total. The molecule has 2 aromatic rings. The molecule has 0 spiro atoms. The molecule has 0 aliphatic rings. The monoisotopic (exact) mass is 440 g/mol. The Morgan fingerprint density at radius 3 is 2.37 bits per heavy atom. The fourth-order valence-corrected chi connectivity index (χ4v) is 3.44. The summed E-state index contributed by atoms with van der Waals surface area (Å²) in [5.74, 6) is -3.11. The van der Waals surface area contributed by atoms with Crippen LogP contribution in [0.2, 0.25) is 0 Å². The predicted molar refractivity (Wildman–Crippen MR) is 116 cm³/mol. The fourth-order valence-electron chi connectivity index (χ4n) is 2.94. The Hall–Kier alpha value is -2.62. The highest BCUT2D eigenvalue weighted by molar-refractivity contribution is 7.99. The number of carbonyl (C=O) groups is 1. The van der Waals surface area contributed by atoms with E-state index in [-0.39, 0.29) is 23.6 Å². The van der Waals surface area contributed by atoms with Crippen molar-refractivity contribution in [2.45, 2.75) is 56.7 Å². The first kappa shape index (κ1) is 23.7. The Bertz CT molecular complexity index is 973. The van der Waals surface area contributed by atoms with Gasteiger partial charge in [0.2, 0.25) is 0 Å². The van der Waals surface area contributed by atoms with Crippen molar-refractivity contribution in [1.29, 1.82) is 0 Å². The number of nitrogen functional groups attached to an aromatic ring is 1. The number of benzene rings is 1. The minimum atomic E-state index is -2.56. The molecule has 1 heterocycles. The van der Waals surface area contributed by atoms with Crippen LogP contribution in [0.25, 0.3) is 0 Å². The summed E-state index contributed by atoms with van der Waals surface area (Å²) in [5.41, 5.74) is 4.96. The zero-order chi connectivity index (χ0) is 22.3. The van der Waals surface area contributed by atoms with Crippen LogP contribution in [0.15, 0.2) is 38.8 Å². The number of carbonyl (C=O) groups excluding carboxylic acids is 1. The minimum absolute atomic E-state index is 0.0634. The van der Waals surface area contributed by atoms with Gasteiger partial charge in [-0.15, -0.1) is 0 Å². The van der Waals surface area contributed by atoms with Crippen LogP contribution in [-0.4, -0.2) is 27.8 Å². The zero-order valence-corrected chi connectivity index (χ0v) is 17.8. The van der Waals surface area contributed by atoms with E-state index in [0.717, 1.165) is 12.8 Å². The molecule has 0 saturated carbocycles. The first-order valence-corrected chi connectivity index (χ1v) is 10.7. The number of nitrogens with two attached hydrogens (primary N) is 1. The third kappa shape index (κ3) is 5.71. The van der Waals surface area contributed by atoms with Crippen LogP contribution in [-0.2, 0) is 6.54 Å². The van der Waals surface area contributed by atoms with Gasteiger partial charge in [0, 0.05) is 23.5 Å². The van der Waals surface area contributed by atoms with E-state index >= 15 is 0 Å². The summed E-state index contributed by atoms with van der Waals surface area (Å²) < 4.78 is 26.3. The first-order chi connectivity index (χ1) is 14.3. The molecule has 0 bridgehead atoms. The Labute approximate surface area is 177 Å². The maximum atomic E-state index is 13.2. The van der Waals surface area contributed by atoms with E-state index in [1.807, 2.05) is 13.8 Å². The quantitative estimate of drug-likeness (QED) is 0.549. The molecule has 2 rings (SSSR count). The van der Waals surface area contributed by atoms with Crippen molar-refractivity contribution in [3.63, 3.8) is 0 Å². The van der Waals surface area contributed by atoms with Gasteiger partial charge in [0.25, 0.3) is 17.2 Å². The summed E-state index contributed by atoms with van der Waals surface area (Å²) >= 11 is 0.382. The van der Waals surface area contributed by atoms with Gasteiger partial charge >= 0.3 is 5.69 Å². The molecule has 1 aromatic carbocycles. The van der Waals surface area contributed by atoms with Gasteiger partial charge in [-0.1, -0.05) is 38.5 Å². The summed E-state index contributed by atoms with van der Waals surface area (Å²) in [4.78, 5) is 41.8. The third-order valence-electron chi connectivity index (χ3n) is 4.53. The maximum Gasteiger partial charge on any atom is 0.330 e. The van der Waals surface area contributed by atoms with Crippen molar-refractivity contribution < 1.29 is 13.6 Å². The molecule has 30 heavy (non-hydrogen) atoms. The largest absolute Gasteiger partial charge is 0.383 e. The molecule has 0 radical (unpaired) electrons. The standard InChI is InChI=1S/C20H26F2N4O3S/c1-3-5-11-25(18(28)13-7-9-14(10-8-13)30-19(21)22)15-16(23)26(12-6-4-2)20(29)24-17(15)27/h7-10,19H,3-6,11-12,23H2,1-2H3,(H,24,27,29). The number of hydrogen-bond acceptors (Lipinski definition) is 5. The molecule has 0 fully saturated rings. The Balaban J connectivity index is 2.48. The Morgan fingerprint density at radius 2 is 1.80 bits per heavy atom. The number of thioether (sulfide) groups is 1. The van der Waals surface area contributed by atoms with E-state index in [9.17, 15) is 23.2 Å². The van der Waals surface area contributed by atoms with E-state index in [1.165, 1.54) is 33.7 Å². The maximum absolute atomic E-state index is 13.2. The number of H-pyrrole nitrogens is 1. The lowest BCUT2D eigenvalue weighted by Crippen LogP contribution is -2.41. The van der Waals surface area contributed by atoms with Crippen molar-refractivity contribution in [3.05, 3.63) is 50.7 Å². The molecule has 10 heteroatoms. The average molecular weight is 441 g/mol. The lowest BCUT2D eigenvalue weighted by Gasteiger charge is -2.24. The highest BCUT2D eigenvalue weighted by Gasteiger charge is 2.25. The average Bonchev–Trinajstić information content (AvgIpc) is 2.69. The van der Waals surface area contributed by atoms with Gasteiger partial charge in [0.15, 0.2) is 5.69 Å². The number of aromatic nitrogens is 2. The van der Waals surface area contributed by atoms with Crippen LogP contribution in [0.4, 0.5) is 20.3 Å². The van der Waals surface area contributed by atoms with Gasteiger partial charge in [-0.05, 0) is 37.1 Å². The molecule has 0 aliphatic heterocycles. The molecule has 3 N–H and O–H groups in total. The molecular formula is C20H26F2N4O3S. The number of aromatic amines is 1. The smallest absolute Gasteiger partial charge is 0.330 e. The van der Waals surface area contributed by atoms with E-state index in [2.05, 4.69) is 4.98 Å². The normalized spacial score (nSPS) is 11.1. The number of alkyl halides is 2. The lowest BCUT2D eigenvalue weighted by molar-refractivity contribution is 0.0986. The number of amides is 1. The second-order valence-electron chi connectivity index (χ2n) is 6.71. The summed E-state index contributed by atoms with van der Waals surface area (Å²) in [6.45, 7) is 4.44. The second-order valence-corrected chi connectivity index (χ2v) is 7.77. The van der Waals surface area contributed by atoms with Gasteiger partial charge in [0.1, 0.15) is 5.82 Å². The topological polar surface area (TPSA) is 101 Å². The zero-order valence-electron chi connectivity index (χ0n) is 17.0. The summed E-state index contributed by atoms with van der Waals surface area (Å²) in [5, 5.41) is 0. The van der Waals surface area contributed by atoms with Crippen LogP contribution in [0.1, 0.15) is 49.9 Å². The molecule has 1 amide bonds. The number of unbranched alkanes of at least 4 members (excludes halogenated alkanes) is 2. The van der Waals surface area contributed by atoms with Crippen molar-refractivity contribution in [2.75, 3.05) is 17.2 Å². The molecule has 0 unspecified atom stereocenters. The van der Waals surface area contributed by atoms with Crippen LogP contribution in [0.3, 0.4) is 0 Å². The minimum Gasteiger partial charge on any atom is -0.383 e. The third-order valence-corrected chi connectivity index (χ3v) is 5.25. The second kappa shape index (κ2) is 11.0. The van der Waals surface area contributed by atoms with Crippen LogP contribution in [0.5, 0.6) is 0 Å². The van der Waals surface area contributed by atoms with Crippen LogP contribution >= 0.6 is 11.8 Å². The Kier molecular flexibility index (Phi) is 8.64. The number of halogens is 2. The fraction of sp³-hybridized carbons (Fsp3) is 0.450. The number of hydrogen-bond donors (Lipinski definition) is 2. The van der Waals surface area contributed by atoms with E-state index in [0.29, 0.717) is 36.0 Å². The SMILES string of the molecule is CCCCN(C(=O)c1ccc(SC(F)F)cc1)c1c(N)n(CCCC)c(=O)[nH]c1=O. The van der Waals surface area contributed by atoms with Gasteiger partial charge in [-0.2, -0.15) is 8.78 Å². The number of nitrogens with one attached hydrogen (secondary N) is 1. The Morgan fingerprint density at radius 1 is 1.17 bits per heavy atom.